The number of rotatable bonds is 2. The Morgan fingerprint density at radius 1 is 0.964 bits per heavy atom. The summed E-state index contributed by atoms with van der Waals surface area (Å²) >= 11 is 0. The number of anilines is 3. The molecule has 3 aromatic rings. The van der Waals surface area contributed by atoms with Crippen molar-refractivity contribution < 1.29 is 4.79 Å². The lowest BCUT2D eigenvalue weighted by atomic mass is 9.73. The Labute approximate surface area is 163 Å². The highest BCUT2D eigenvalue weighted by Crippen LogP contribution is 2.50. The topological polar surface area (TPSA) is 75.1 Å². The Morgan fingerprint density at radius 2 is 1.71 bits per heavy atom. The molecular weight excluding hydrogens is 352 g/mol. The van der Waals surface area contributed by atoms with Gasteiger partial charge in [0.2, 0.25) is 5.91 Å². The number of carbonyl (C=O) groups is 1. The Kier molecular flexibility index (Phi) is 3.82. The highest BCUT2D eigenvalue weighted by molar-refractivity contribution is 6.13. The zero-order chi connectivity index (χ0) is 19.1. The first-order valence-corrected chi connectivity index (χ1v) is 9.43. The predicted octanol–water partition coefficient (Wildman–Crippen LogP) is 2.79. The molecule has 0 atom stereocenters. The van der Waals surface area contributed by atoms with E-state index >= 15 is 0 Å². The lowest BCUT2D eigenvalue weighted by molar-refractivity contribution is -0.123. The van der Waals surface area contributed by atoms with E-state index in [1.165, 1.54) is 6.33 Å². The fourth-order valence-electron chi connectivity index (χ4n) is 4.34. The molecule has 0 aliphatic carbocycles. The molecule has 28 heavy (non-hydrogen) atoms. The predicted molar refractivity (Wildman–Crippen MR) is 106 cm³/mol. The smallest absolute Gasteiger partial charge is 0.242 e. The van der Waals surface area contributed by atoms with Crippen molar-refractivity contribution in [1.29, 1.82) is 0 Å². The summed E-state index contributed by atoms with van der Waals surface area (Å²) in [5, 5.41) is 8.47. The van der Waals surface area contributed by atoms with Crippen LogP contribution in [0, 0.1) is 6.92 Å². The summed E-state index contributed by atoms with van der Waals surface area (Å²) in [5.74, 6) is 0.977. The Bertz CT molecular complexity index is 1010. The molecule has 0 bridgehead atoms. The molecule has 2 aliphatic heterocycles. The summed E-state index contributed by atoms with van der Waals surface area (Å²) in [6.45, 7) is 3.45. The monoisotopic (exact) mass is 372 g/mol. The standard InChI is InChI=1S/C21H20N6O/c1-15-6-7-19(25-24-15)26-10-8-21(9-11-26)17-4-2-3-5-18(17)27(20(21)28)16-12-22-14-23-13-16/h2-7,12-14H,8-11H2,1H3. The van der Waals surface area contributed by atoms with Crippen LogP contribution in [0.25, 0.3) is 0 Å². The van der Waals surface area contributed by atoms with Crippen molar-refractivity contribution in [3.8, 4) is 0 Å². The van der Waals surface area contributed by atoms with E-state index in [2.05, 4.69) is 31.1 Å². The average molecular weight is 372 g/mol. The van der Waals surface area contributed by atoms with Gasteiger partial charge in [-0.05, 0) is 43.5 Å². The molecule has 0 N–H and O–H groups in total. The third-order valence-electron chi connectivity index (χ3n) is 5.80. The van der Waals surface area contributed by atoms with E-state index in [0.717, 1.165) is 48.7 Å². The van der Waals surface area contributed by atoms with Gasteiger partial charge in [0, 0.05) is 13.1 Å². The van der Waals surface area contributed by atoms with Crippen LogP contribution in [0.5, 0.6) is 0 Å². The molecule has 5 rings (SSSR count). The zero-order valence-corrected chi connectivity index (χ0v) is 15.6. The van der Waals surface area contributed by atoms with E-state index in [0.29, 0.717) is 5.69 Å². The minimum absolute atomic E-state index is 0.109. The molecule has 1 fully saturated rings. The molecule has 0 saturated carbocycles. The van der Waals surface area contributed by atoms with Gasteiger partial charge in [-0.2, -0.15) is 5.10 Å². The van der Waals surface area contributed by atoms with E-state index in [1.54, 1.807) is 17.3 Å². The van der Waals surface area contributed by atoms with Gasteiger partial charge in [-0.15, -0.1) is 5.10 Å². The summed E-state index contributed by atoms with van der Waals surface area (Å²) in [7, 11) is 0. The van der Waals surface area contributed by atoms with Crippen molar-refractivity contribution >= 4 is 23.1 Å². The third kappa shape index (κ3) is 2.46. The molecule has 1 aromatic carbocycles. The number of aromatic nitrogens is 4. The van der Waals surface area contributed by atoms with Gasteiger partial charge in [0.25, 0.3) is 0 Å². The van der Waals surface area contributed by atoms with Crippen LogP contribution in [-0.4, -0.2) is 39.2 Å². The SMILES string of the molecule is Cc1ccc(N2CCC3(CC2)C(=O)N(c2cncnc2)c2ccccc23)nn1. The van der Waals surface area contributed by atoms with E-state index in [9.17, 15) is 4.79 Å². The van der Waals surface area contributed by atoms with E-state index in [1.807, 2.05) is 37.3 Å². The molecule has 2 aromatic heterocycles. The molecule has 0 unspecified atom stereocenters. The van der Waals surface area contributed by atoms with Crippen molar-refractivity contribution in [1.82, 2.24) is 20.2 Å². The normalized spacial score (nSPS) is 17.8. The summed E-state index contributed by atoms with van der Waals surface area (Å²) in [4.78, 5) is 25.8. The first-order valence-electron chi connectivity index (χ1n) is 9.43. The summed E-state index contributed by atoms with van der Waals surface area (Å²) < 4.78 is 0. The van der Waals surface area contributed by atoms with Crippen LogP contribution in [0.1, 0.15) is 24.1 Å². The van der Waals surface area contributed by atoms with Crippen LogP contribution < -0.4 is 9.80 Å². The highest BCUT2D eigenvalue weighted by atomic mass is 16.2. The van der Waals surface area contributed by atoms with Gasteiger partial charge >= 0.3 is 0 Å². The maximum Gasteiger partial charge on any atom is 0.242 e. The largest absolute Gasteiger partial charge is 0.355 e. The van der Waals surface area contributed by atoms with E-state index in [-0.39, 0.29) is 5.91 Å². The molecule has 7 nitrogen and oxygen atoms in total. The molecular formula is C21H20N6O. The number of aryl methyl sites for hydroxylation is 1. The number of benzene rings is 1. The number of piperidine rings is 1. The molecule has 1 amide bonds. The van der Waals surface area contributed by atoms with Crippen LogP contribution in [-0.2, 0) is 10.2 Å². The summed E-state index contributed by atoms with van der Waals surface area (Å²) in [5.41, 5.74) is 3.13. The van der Waals surface area contributed by atoms with E-state index < -0.39 is 5.41 Å². The third-order valence-corrected chi connectivity index (χ3v) is 5.80. The van der Waals surface area contributed by atoms with Crippen molar-refractivity contribution in [3.05, 3.63) is 66.4 Å². The number of carbonyl (C=O) groups excluding carboxylic acids is 1. The highest BCUT2D eigenvalue weighted by Gasteiger charge is 2.52. The molecule has 4 heterocycles. The van der Waals surface area contributed by atoms with Crippen molar-refractivity contribution in [3.63, 3.8) is 0 Å². The number of nitrogens with zero attached hydrogens (tertiary/aromatic N) is 6. The second-order valence-electron chi connectivity index (χ2n) is 7.36. The second kappa shape index (κ2) is 6.37. The van der Waals surface area contributed by atoms with Crippen LogP contribution in [0.15, 0.2) is 55.1 Å². The number of fused-ring (bicyclic) bond motifs is 2. The zero-order valence-electron chi connectivity index (χ0n) is 15.6. The first kappa shape index (κ1) is 16.8. The van der Waals surface area contributed by atoms with Crippen LogP contribution in [0.2, 0.25) is 0 Å². The Balaban J connectivity index is 1.49. The lowest BCUT2D eigenvalue weighted by Gasteiger charge is -2.38. The maximum atomic E-state index is 13.7. The molecule has 1 saturated heterocycles. The van der Waals surface area contributed by atoms with Gasteiger partial charge in [0.1, 0.15) is 6.33 Å². The summed E-state index contributed by atoms with van der Waals surface area (Å²) in [6.07, 6.45) is 6.34. The molecule has 1 spiro atoms. The minimum Gasteiger partial charge on any atom is -0.355 e. The van der Waals surface area contributed by atoms with Gasteiger partial charge in [-0.1, -0.05) is 18.2 Å². The van der Waals surface area contributed by atoms with E-state index in [4.69, 9.17) is 0 Å². The van der Waals surface area contributed by atoms with Crippen molar-refractivity contribution in [2.75, 3.05) is 22.9 Å². The average Bonchev–Trinajstić information content (AvgIpc) is 2.98. The van der Waals surface area contributed by atoms with Gasteiger partial charge in [0.05, 0.1) is 34.9 Å². The molecule has 0 radical (unpaired) electrons. The van der Waals surface area contributed by atoms with Crippen molar-refractivity contribution in [2.24, 2.45) is 0 Å². The minimum atomic E-state index is -0.513. The second-order valence-corrected chi connectivity index (χ2v) is 7.36. The Morgan fingerprint density at radius 3 is 2.43 bits per heavy atom. The fraction of sp³-hybridized carbons (Fsp3) is 0.286. The number of hydrogen-bond acceptors (Lipinski definition) is 6. The van der Waals surface area contributed by atoms with Gasteiger partial charge in [-0.3, -0.25) is 9.69 Å². The lowest BCUT2D eigenvalue weighted by Crippen LogP contribution is -2.48. The van der Waals surface area contributed by atoms with Crippen LogP contribution >= 0.6 is 0 Å². The molecule has 2 aliphatic rings. The molecule has 7 heteroatoms. The van der Waals surface area contributed by atoms with Gasteiger partial charge in [0.15, 0.2) is 5.82 Å². The van der Waals surface area contributed by atoms with Crippen molar-refractivity contribution in [2.45, 2.75) is 25.2 Å². The maximum absolute atomic E-state index is 13.7. The number of para-hydroxylation sites is 1. The quantitative estimate of drug-likeness (QED) is 0.689. The Hall–Kier alpha value is -3.35. The number of amides is 1. The molecule has 140 valence electrons. The van der Waals surface area contributed by atoms with Gasteiger partial charge < -0.3 is 4.90 Å². The van der Waals surface area contributed by atoms with Crippen LogP contribution in [0.3, 0.4) is 0 Å². The number of hydrogen-bond donors (Lipinski definition) is 0. The first-order chi connectivity index (χ1) is 13.7. The van der Waals surface area contributed by atoms with Crippen LogP contribution in [0.4, 0.5) is 17.2 Å². The summed E-state index contributed by atoms with van der Waals surface area (Å²) in [6, 6.07) is 12.0. The fourth-order valence-corrected chi connectivity index (χ4v) is 4.34. The van der Waals surface area contributed by atoms with Gasteiger partial charge in [-0.25, -0.2) is 9.97 Å².